The van der Waals surface area contributed by atoms with Gasteiger partial charge in [-0.05, 0) is 18.5 Å². The van der Waals surface area contributed by atoms with Gasteiger partial charge in [-0.3, -0.25) is 0 Å². The first-order chi connectivity index (χ1) is 6.32. The van der Waals surface area contributed by atoms with Crippen LogP contribution in [0.1, 0.15) is 51.4 Å². The van der Waals surface area contributed by atoms with Crippen molar-refractivity contribution in [1.82, 2.24) is 9.36 Å². The Morgan fingerprint density at radius 1 is 1.29 bits per heavy atom. The van der Waals surface area contributed by atoms with Gasteiger partial charge in [0.15, 0.2) is 0 Å². The summed E-state index contributed by atoms with van der Waals surface area (Å²) in [6.45, 7) is 10.5. The Balaban J connectivity index is 2.89. The van der Waals surface area contributed by atoms with Crippen molar-refractivity contribution in [2.45, 2.75) is 52.0 Å². The van der Waals surface area contributed by atoms with E-state index in [1.165, 1.54) is 11.5 Å². The van der Waals surface area contributed by atoms with Gasteiger partial charge in [-0.1, -0.05) is 27.7 Å². The van der Waals surface area contributed by atoms with E-state index in [2.05, 4.69) is 37.1 Å². The van der Waals surface area contributed by atoms with Crippen LogP contribution in [0, 0.1) is 0 Å². The molecular formula is C10H19N3S. The van der Waals surface area contributed by atoms with Gasteiger partial charge in [-0.25, -0.2) is 4.98 Å². The van der Waals surface area contributed by atoms with Crippen molar-refractivity contribution in [3.05, 3.63) is 10.8 Å². The maximum Gasteiger partial charge on any atom is 0.147 e. The van der Waals surface area contributed by atoms with E-state index in [1.807, 2.05) is 6.92 Å². The zero-order valence-corrected chi connectivity index (χ0v) is 10.4. The molecule has 3 nitrogen and oxygen atoms in total. The average Bonchev–Trinajstić information content (AvgIpc) is 2.49. The molecule has 0 saturated heterocycles. The van der Waals surface area contributed by atoms with Gasteiger partial charge in [0.1, 0.15) is 10.8 Å². The first kappa shape index (κ1) is 11.6. The summed E-state index contributed by atoms with van der Waals surface area (Å²) in [5.41, 5.74) is 5.86. The summed E-state index contributed by atoms with van der Waals surface area (Å²) >= 11 is 1.47. The van der Waals surface area contributed by atoms with E-state index >= 15 is 0 Å². The first-order valence-corrected chi connectivity index (χ1v) is 5.69. The fraction of sp³-hybridized carbons (Fsp3) is 0.800. The quantitative estimate of drug-likeness (QED) is 0.820. The third kappa shape index (κ3) is 2.51. The second-order valence-electron chi connectivity index (χ2n) is 4.85. The number of hydrogen-bond acceptors (Lipinski definition) is 4. The fourth-order valence-corrected chi connectivity index (χ4v) is 1.95. The molecule has 2 atom stereocenters. The highest BCUT2D eigenvalue weighted by Crippen LogP contribution is 2.25. The van der Waals surface area contributed by atoms with Crippen molar-refractivity contribution >= 4 is 11.5 Å². The lowest BCUT2D eigenvalue weighted by atomic mass is 9.96. The predicted molar refractivity (Wildman–Crippen MR) is 60.7 cm³/mol. The lowest BCUT2D eigenvalue weighted by Gasteiger charge is -2.14. The number of aromatic nitrogens is 2. The first-order valence-electron chi connectivity index (χ1n) is 4.92. The third-order valence-electron chi connectivity index (χ3n) is 2.29. The largest absolute Gasteiger partial charge is 0.327 e. The Hall–Kier alpha value is -0.480. The smallest absolute Gasteiger partial charge is 0.147 e. The van der Waals surface area contributed by atoms with Gasteiger partial charge in [-0.2, -0.15) is 4.37 Å². The van der Waals surface area contributed by atoms with Crippen LogP contribution in [-0.2, 0) is 5.41 Å². The molecule has 4 heteroatoms. The molecule has 0 aliphatic heterocycles. The van der Waals surface area contributed by atoms with Crippen LogP contribution >= 0.6 is 11.5 Å². The topological polar surface area (TPSA) is 51.8 Å². The highest BCUT2D eigenvalue weighted by Gasteiger charge is 2.22. The minimum Gasteiger partial charge on any atom is -0.327 e. The number of rotatable bonds is 2. The van der Waals surface area contributed by atoms with Gasteiger partial charge < -0.3 is 5.73 Å². The summed E-state index contributed by atoms with van der Waals surface area (Å²) in [4.78, 5) is 4.53. The molecular weight excluding hydrogens is 194 g/mol. The van der Waals surface area contributed by atoms with Crippen LogP contribution in [0.3, 0.4) is 0 Å². The normalized spacial score (nSPS) is 16.7. The third-order valence-corrected chi connectivity index (χ3v) is 3.21. The van der Waals surface area contributed by atoms with E-state index in [0.717, 1.165) is 10.8 Å². The molecule has 2 unspecified atom stereocenters. The Morgan fingerprint density at radius 2 is 1.86 bits per heavy atom. The van der Waals surface area contributed by atoms with Crippen molar-refractivity contribution < 1.29 is 0 Å². The summed E-state index contributed by atoms with van der Waals surface area (Å²) in [5.74, 6) is 1.22. The summed E-state index contributed by atoms with van der Waals surface area (Å²) in [6.07, 6.45) is 0. The average molecular weight is 213 g/mol. The van der Waals surface area contributed by atoms with E-state index in [0.29, 0.717) is 5.92 Å². The number of hydrogen-bond donors (Lipinski definition) is 1. The number of nitrogens with two attached hydrogens (primary N) is 1. The standard InChI is InChI=1S/C10H19N3S/c1-6(7(2)11)8-12-9(13-14-8)10(3,4)5/h6-7H,11H2,1-5H3. The lowest BCUT2D eigenvalue weighted by molar-refractivity contribution is 0.544. The molecule has 1 rings (SSSR count). The summed E-state index contributed by atoms with van der Waals surface area (Å²) in [5, 5.41) is 1.05. The van der Waals surface area contributed by atoms with Gasteiger partial charge >= 0.3 is 0 Å². The molecule has 0 saturated carbocycles. The minimum absolute atomic E-state index is 0.0340. The highest BCUT2D eigenvalue weighted by molar-refractivity contribution is 7.05. The van der Waals surface area contributed by atoms with E-state index in [1.54, 1.807) is 0 Å². The monoisotopic (exact) mass is 213 g/mol. The molecule has 0 aliphatic rings. The summed E-state index contributed by atoms with van der Waals surface area (Å²) in [6, 6.07) is 0.135. The van der Waals surface area contributed by atoms with Crippen molar-refractivity contribution in [3.8, 4) is 0 Å². The van der Waals surface area contributed by atoms with Crippen molar-refractivity contribution in [2.24, 2.45) is 5.73 Å². The minimum atomic E-state index is 0.0340. The van der Waals surface area contributed by atoms with Gasteiger partial charge in [0.05, 0.1) is 0 Å². The fourth-order valence-electron chi connectivity index (χ4n) is 0.950. The van der Waals surface area contributed by atoms with Gasteiger partial charge in [0.2, 0.25) is 0 Å². The van der Waals surface area contributed by atoms with Crippen LogP contribution in [-0.4, -0.2) is 15.4 Å². The molecule has 0 spiro atoms. The molecule has 14 heavy (non-hydrogen) atoms. The molecule has 0 fully saturated rings. The van der Waals surface area contributed by atoms with Crippen LogP contribution in [0.4, 0.5) is 0 Å². The molecule has 0 bridgehead atoms. The molecule has 2 N–H and O–H groups in total. The summed E-state index contributed by atoms with van der Waals surface area (Å²) in [7, 11) is 0. The van der Waals surface area contributed by atoms with Crippen LogP contribution in [0.25, 0.3) is 0 Å². The molecule has 0 aliphatic carbocycles. The molecule has 0 radical (unpaired) electrons. The molecule has 1 aromatic rings. The second kappa shape index (κ2) is 3.95. The van der Waals surface area contributed by atoms with Crippen LogP contribution < -0.4 is 5.73 Å². The SMILES string of the molecule is CC(N)C(C)c1nc(C(C)(C)C)ns1. The highest BCUT2D eigenvalue weighted by atomic mass is 32.1. The van der Waals surface area contributed by atoms with E-state index < -0.39 is 0 Å². The molecule has 1 heterocycles. The second-order valence-corrected chi connectivity index (χ2v) is 5.64. The van der Waals surface area contributed by atoms with E-state index in [9.17, 15) is 0 Å². The predicted octanol–water partition coefficient (Wildman–Crippen LogP) is 2.29. The van der Waals surface area contributed by atoms with Gasteiger partial charge in [0, 0.05) is 17.4 Å². The van der Waals surface area contributed by atoms with Crippen molar-refractivity contribution in [3.63, 3.8) is 0 Å². The molecule has 0 amide bonds. The molecule has 0 aromatic carbocycles. The molecule has 80 valence electrons. The van der Waals surface area contributed by atoms with Gasteiger partial charge in [-0.15, -0.1) is 0 Å². The Bertz CT molecular complexity index is 299. The van der Waals surface area contributed by atoms with Crippen molar-refractivity contribution in [1.29, 1.82) is 0 Å². The lowest BCUT2D eigenvalue weighted by Crippen LogP contribution is -2.22. The Kier molecular flexibility index (Phi) is 3.27. The Labute approximate surface area is 89.9 Å². The molecule has 1 aromatic heterocycles. The maximum absolute atomic E-state index is 5.83. The van der Waals surface area contributed by atoms with E-state index in [4.69, 9.17) is 5.73 Å². The Morgan fingerprint density at radius 3 is 2.21 bits per heavy atom. The van der Waals surface area contributed by atoms with Crippen LogP contribution in [0.5, 0.6) is 0 Å². The van der Waals surface area contributed by atoms with Gasteiger partial charge in [0.25, 0.3) is 0 Å². The van der Waals surface area contributed by atoms with Crippen molar-refractivity contribution in [2.75, 3.05) is 0 Å². The number of nitrogens with zero attached hydrogens (tertiary/aromatic N) is 2. The zero-order chi connectivity index (χ0) is 10.9. The van der Waals surface area contributed by atoms with Crippen LogP contribution in [0.15, 0.2) is 0 Å². The van der Waals surface area contributed by atoms with E-state index in [-0.39, 0.29) is 11.5 Å². The zero-order valence-electron chi connectivity index (χ0n) is 9.53. The summed E-state index contributed by atoms with van der Waals surface area (Å²) < 4.78 is 4.37. The van der Waals surface area contributed by atoms with Crippen LogP contribution in [0.2, 0.25) is 0 Å². The maximum atomic E-state index is 5.83.